The number of aliphatic hydroxyl groups is 2. The molecule has 3 N–H and O–H groups in total. The van der Waals surface area contributed by atoms with Crippen LogP contribution in [-0.2, 0) is 19.9 Å². The second kappa shape index (κ2) is 10.7. The Morgan fingerprint density at radius 2 is 1.30 bits per heavy atom. The van der Waals surface area contributed by atoms with Crippen molar-refractivity contribution in [1.29, 1.82) is 0 Å². The maximum absolute atomic E-state index is 10.8. The van der Waals surface area contributed by atoms with Crippen molar-refractivity contribution in [1.82, 2.24) is 0 Å². The summed E-state index contributed by atoms with van der Waals surface area (Å²) in [5, 5.41) is 28.2. The molecule has 0 saturated heterocycles. The van der Waals surface area contributed by atoms with Crippen LogP contribution in [0.1, 0.15) is 11.1 Å². The monoisotopic (exact) mass is 432 g/mol. The fourth-order valence-electron chi connectivity index (χ4n) is 2.10. The Morgan fingerprint density at radius 3 is 1.59 bits per heavy atom. The summed E-state index contributed by atoms with van der Waals surface area (Å²) in [4.78, 5) is 19.7. The number of ether oxygens (including phenoxy) is 1. The highest BCUT2D eigenvalue weighted by Gasteiger charge is 2.49. The van der Waals surface area contributed by atoms with E-state index in [0.29, 0.717) is 11.1 Å². The number of aliphatic carboxylic acids is 1. The van der Waals surface area contributed by atoms with Gasteiger partial charge in [0.25, 0.3) is 4.52 Å². The number of rotatable bonds is 7. The first-order valence-corrected chi connectivity index (χ1v) is 8.74. The van der Waals surface area contributed by atoms with Gasteiger partial charge in [0.15, 0.2) is 5.60 Å². The molecule has 0 aliphatic carbocycles. The van der Waals surface area contributed by atoms with E-state index in [9.17, 15) is 19.8 Å². The summed E-state index contributed by atoms with van der Waals surface area (Å²) in [5.41, 5.74) is -1.05. The molecule has 0 fully saturated rings. The normalized spacial score (nSPS) is 11.3. The van der Waals surface area contributed by atoms with Gasteiger partial charge in [0.1, 0.15) is 13.2 Å². The number of carboxylic acid groups (broad SMARTS) is 1. The Balaban J connectivity index is 0.000000345. The van der Waals surface area contributed by atoms with Crippen LogP contribution in [0.2, 0.25) is 0 Å². The maximum Gasteiger partial charge on any atom is 0.329 e. The van der Waals surface area contributed by atoms with Gasteiger partial charge in [0.05, 0.1) is 0 Å². The lowest BCUT2D eigenvalue weighted by molar-refractivity contribution is -0.142. The van der Waals surface area contributed by atoms with Crippen LogP contribution in [0.5, 0.6) is 0 Å². The molecule has 0 unspecified atom stereocenters. The van der Waals surface area contributed by atoms with Crippen molar-refractivity contribution < 1.29 is 29.6 Å². The Bertz CT molecular complexity index is 681. The first-order valence-electron chi connectivity index (χ1n) is 7.54. The number of hydrogen-bond acceptors (Lipinski definition) is 5. The highest BCUT2D eigenvalue weighted by atomic mass is 35.5. The summed E-state index contributed by atoms with van der Waals surface area (Å²) >= 11 is 14.9. The molecule has 0 radical (unpaired) electrons. The number of alkyl halides is 2. The van der Waals surface area contributed by atoms with Crippen molar-refractivity contribution >= 4 is 46.9 Å². The summed E-state index contributed by atoms with van der Waals surface area (Å²) in [6.45, 7) is -0.707. The third-order valence-corrected chi connectivity index (χ3v) is 3.95. The fraction of sp³-hybridized carbons (Fsp3) is 0.222. The van der Waals surface area contributed by atoms with Gasteiger partial charge in [-0.2, -0.15) is 0 Å². The first-order chi connectivity index (χ1) is 12.6. The van der Waals surface area contributed by atoms with Gasteiger partial charge < -0.3 is 20.1 Å². The molecule has 0 aliphatic heterocycles. The zero-order valence-electron chi connectivity index (χ0n) is 14.0. The standard InChI is InChI=1S/C14H12Cl2O2.C4H6O4S/c15-14(16,18)13(17,11-7-3-1-4-8-11)12-9-5-2-6-10-12;5-3(6)1-8-2-4(7)9/h1-10,17-18H;1-2H2,(H,5,6)(H,7,9). The van der Waals surface area contributed by atoms with Crippen molar-refractivity contribution in [2.24, 2.45) is 0 Å². The molecule has 0 spiro atoms. The lowest BCUT2D eigenvalue weighted by Gasteiger charge is -2.35. The summed E-state index contributed by atoms with van der Waals surface area (Å²) in [6, 6.07) is 17.2. The third-order valence-electron chi connectivity index (χ3n) is 3.27. The lowest BCUT2D eigenvalue weighted by atomic mass is 9.86. The maximum atomic E-state index is 10.8. The molecule has 0 heterocycles. The molecule has 0 aliphatic rings. The van der Waals surface area contributed by atoms with Crippen LogP contribution >= 0.6 is 35.8 Å². The van der Waals surface area contributed by atoms with Crippen molar-refractivity contribution in [3.05, 3.63) is 71.8 Å². The second-order valence-electron chi connectivity index (χ2n) is 5.26. The number of hydrogen-bond donors (Lipinski definition) is 4. The minimum absolute atomic E-state index is 0.255. The van der Waals surface area contributed by atoms with E-state index >= 15 is 0 Å². The van der Waals surface area contributed by atoms with E-state index < -0.39 is 27.8 Å². The minimum atomic E-state index is -2.34. The lowest BCUT2D eigenvalue weighted by Crippen LogP contribution is -2.44. The van der Waals surface area contributed by atoms with Crippen molar-refractivity contribution in [2.45, 2.75) is 10.1 Å². The number of carboxylic acids is 1. The van der Waals surface area contributed by atoms with Crippen LogP contribution in [-0.4, -0.2) is 44.1 Å². The molecule has 9 heteroatoms. The van der Waals surface area contributed by atoms with Crippen LogP contribution in [0.3, 0.4) is 0 Å². The van der Waals surface area contributed by atoms with Crippen LogP contribution in [0.15, 0.2) is 60.7 Å². The quantitative estimate of drug-likeness (QED) is 0.395. The smallest absolute Gasteiger partial charge is 0.329 e. The summed E-state index contributed by atoms with van der Waals surface area (Å²) in [7, 11) is 0. The fourth-order valence-corrected chi connectivity index (χ4v) is 2.63. The van der Waals surface area contributed by atoms with E-state index in [-0.39, 0.29) is 6.61 Å². The van der Waals surface area contributed by atoms with Crippen molar-refractivity contribution in [3.8, 4) is 0 Å². The van der Waals surface area contributed by atoms with Gasteiger partial charge in [-0.05, 0) is 11.1 Å². The van der Waals surface area contributed by atoms with E-state index in [4.69, 9.17) is 28.3 Å². The molecule has 6 nitrogen and oxygen atoms in total. The average Bonchev–Trinajstić information content (AvgIpc) is 2.61. The van der Waals surface area contributed by atoms with Gasteiger partial charge in [0.2, 0.25) is 5.12 Å². The predicted molar refractivity (Wildman–Crippen MR) is 105 cm³/mol. The van der Waals surface area contributed by atoms with Crippen LogP contribution in [0.4, 0.5) is 0 Å². The second-order valence-corrected chi connectivity index (χ2v) is 7.05. The van der Waals surface area contributed by atoms with E-state index in [0.717, 1.165) is 0 Å². The molecule has 27 heavy (non-hydrogen) atoms. The van der Waals surface area contributed by atoms with E-state index in [1.807, 2.05) is 0 Å². The largest absolute Gasteiger partial charge is 0.480 e. The molecule has 0 atom stereocenters. The zero-order valence-corrected chi connectivity index (χ0v) is 16.4. The molecule has 0 saturated carbocycles. The van der Waals surface area contributed by atoms with Gasteiger partial charge in [-0.25, -0.2) is 4.79 Å². The summed E-state index contributed by atoms with van der Waals surface area (Å²) in [6.07, 6.45) is 0. The topological polar surface area (TPSA) is 104 Å². The Kier molecular flexibility index (Phi) is 9.25. The molecule has 0 aromatic heterocycles. The summed E-state index contributed by atoms with van der Waals surface area (Å²) < 4.78 is 1.99. The molecule has 0 amide bonds. The highest BCUT2D eigenvalue weighted by molar-refractivity contribution is 7.96. The highest BCUT2D eigenvalue weighted by Crippen LogP contribution is 2.44. The van der Waals surface area contributed by atoms with Gasteiger partial charge in [0, 0.05) is 0 Å². The van der Waals surface area contributed by atoms with Crippen molar-refractivity contribution in [3.63, 3.8) is 0 Å². The SMILES string of the molecule is O=C(O)COCC(=O)S.OC(Cl)(Cl)C(O)(c1ccccc1)c1ccccc1. The number of carbonyl (C=O) groups is 2. The number of halogens is 2. The molecule has 146 valence electrons. The number of benzene rings is 2. The number of carbonyl (C=O) groups excluding carboxylic acids is 1. The van der Waals surface area contributed by atoms with Gasteiger partial charge >= 0.3 is 5.97 Å². The van der Waals surface area contributed by atoms with Gasteiger partial charge in [-0.1, -0.05) is 83.9 Å². The van der Waals surface area contributed by atoms with Crippen LogP contribution in [0, 0.1) is 0 Å². The third kappa shape index (κ3) is 7.14. The average molecular weight is 433 g/mol. The van der Waals surface area contributed by atoms with Crippen LogP contribution < -0.4 is 0 Å². The zero-order chi connectivity index (χ0) is 20.5. The summed E-state index contributed by atoms with van der Waals surface area (Å²) in [5.74, 6) is -1.09. The van der Waals surface area contributed by atoms with Gasteiger partial charge in [-0.15, -0.1) is 12.6 Å². The minimum Gasteiger partial charge on any atom is -0.480 e. The molecule has 0 bridgehead atoms. The molecule has 2 aromatic rings. The van der Waals surface area contributed by atoms with Gasteiger partial charge in [-0.3, -0.25) is 4.79 Å². The van der Waals surface area contributed by atoms with E-state index in [1.54, 1.807) is 60.7 Å². The Labute approximate surface area is 171 Å². The molecular weight excluding hydrogens is 415 g/mol. The van der Waals surface area contributed by atoms with Crippen molar-refractivity contribution in [2.75, 3.05) is 13.2 Å². The predicted octanol–water partition coefficient (Wildman–Crippen LogP) is 2.59. The number of thiol groups is 1. The van der Waals surface area contributed by atoms with E-state index in [2.05, 4.69) is 17.4 Å². The van der Waals surface area contributed by atoms with Crippen LogP contribution in [0.25, 0.3) is 0 Å². The molecule has 2 rings (SSSR count). The Hall–Kier alpha value is -1.61. The molecular formula is C18H18Cl2O6S. The Morgan fingerprint density at radius 1 is 0.889 bits per heavy atom. The first kappa shape index (κ1) is 23.4. The van der Waals surface area contributed by atoms with E-state index in [1.165, 1.54) is 0 Å². The molecule has 2 aromatic carbocycles.